The second-order valence-electron chi connectivity index (χ2n) is 1.70. The minimum Gasteiger partial charge on any atom is -0.352 e. The first-order valence-electron chi connectivity index (χ1n) is 3.08. The number of carbonyl (C=O) groups excluding carboxylic acids is 1. The van der Waals surface area contributed by atoms with E-state index >= 15 is 0 Å². The Bertz CT molecular complexity index is 173. The summed E-state index contributed by atoms with van der Waals surface area (Å²) in [6.07, 6.45) is 1.92. The molecule has 0 aliphatic carbocycles. The Morgan fingerprint density at radius 3 is 3.00 bits per heavy atom. The van der Waals surface area contributed by atoms with Gasteiger partial charge in [0.1, 0.15) is 0 Å². The number of hydrogen-bond donors (Lipinski definition) is 1. The topological polar surface area (TPSA) is 29.1 Å². The van der Waals surface area contributed by atoms with Gasteiger partial charge >= 0.3 is 0 Å². The average molecular weight is 137 g/mol. The van der Waals surface area contributed by atoms with Gasteiger partial charge in [-0.3, -0.25) is 4.79 Å². The van der Waals surface area contributed by atoms with Gasteiger partial charge in [-0.15, -0.1) is 12.5 Å². The van der Waals surface area contributed by atoms with Gasteiger partial charge in [0, 0.05) is 6.54 Å². The second kappa shape index (κ2) is 5.90. The van der Waals surface area contributed by atoms with Gasteiger partial charge in [-0.2, -0.15) is 0 Å². The van der Waals surface area contributed by atoms with E-state index in [0.29, 0.717) is 6.54 Å². The maximum Gasteiger partial charge on any atom is 0.232 e. The van der Waals surface area contributed by atoms with Crippen molar-refractivity contribution in [2.75, 3.05) is 6.54 Å². The van der Waals surface area contributed by atoms with Crippen LogP contribution in [0.4, 0.5) is 0 Å². The molecule has 0 fully saturated rings. The molecule has 2 heteroatoms. The maximum atomic E-state index is 10.7. The van der Waals surface area contributed by atoms with Crippen LogP contribution in [0.25, 0.3) is 0 Å². The van der Waals surface area contributed by atoms with Crippen LogP contribution in [-0.2, 0) is 4.79 Å². The summed E-state index contributed by atoms with van der Waals surface area (Å²) in [6, 6.07) is 0. The van der Waals surface area contributed by atoms with Crippen LogP contribution in [0.15, 0.2) is 12.7 Å². The van der Waals surface area contributed by atoms with Crippen molar-refractivity contribution in [2.45, 2.75) is 13.3 Å². The molecular weight excluding hydrogens is 126 g/mol. The number of hydrogen-bond acceptors (Lipinski definition) is 1. The molecular formula is C8H11NO. The van der Waals surface area contributed by atoms with Crippen LogP contribution in [0.3, 0.4) is 0 Å². The highest BCUT2D eigenvalue weighted by molar-refractivity contribution is 5.78. The molecule has 0 saturated carbocycles. The first kappa shape index (κ1) is 8.77. The van der Waals surface area contributed by atoms with Crippen LogP contribution < -0.4 is 5.32 Å². The standard InChI is InChI=1S/C8H11NO/c1-3-5-6-8(10)9-7-4-2/h4H,2,6-7H2,1H3,(H,9,10). The lowest BCUT2D eigenvalue weighted by Crippen LogP contribution is -2.22. The largest absolute Gasteiger partial charge is 0.352 e. The van der Waals surface area contributed by atoms with Crippen LogP contribution in [0, 0.1) is 11.8 Å². The molecule has 2 nitrogen and oxygen atoms in total. The van der Waals surface area contributed by atoms with E-state index in [4.69, 9.17) is 0 Å². The summed E-state index contributed by atoms with van der Waals surface area (Å²) in [4.78, 5) is 10.7. The van der Waals surface area contributed by atoms with Gasteiger partial charge in [0.25, 0.3) is 0 Å². The van der Waals surface area contributed by atoms with Gasteiger partial charge in [0.2, 0.25) is 5.91 Å². The van der Waals surface area contributed by atoms with E-state index in [1.165, 1.54) is 0 Å². The highest BCUT2D eigenvalue weighted by Crippen LogP contribution is 1.74. The molecule has 0 aromatic rings. The van der Waals surface area contributed by atoms with Crippen molar-refractivity contribution in [1.29, 1.82) is 0 Å². The molecule has 0 spiro atoms. The molecule has 0 radical (unpaired) electrons. The molecule has 10 heavy (non-hydrogen) atoms. The van der Waals surface area contributed by atoms with E-state index in [1.807, 2.05) is 0 Å². The lowest BCUT2D eigenvalue weighted by Gasteiger charge is -1.94. The van der Waals surface area contributed by atoms with Crippen LogP contribution >= 0.6 is 0 Å². The lowest BCUT2D eigenvalue weighted by atomic mass is 10.4. The summed E-state index contributed by atoms with van der Waals surface area (Å²) in [5.41, 5.74) is 0. The molecule has 0 atom stereocenters. The lowest BCUT2D eigenvalue weighted by molar-refractivity contribution is -0.119. The fourth-order valence-corrected chi connectivity index (χ4v) is 0.417. The number of amides is 1. The third-order valence-corrected chi connectivity index (χ3v) is 0.869. The van der Waals surface area contributed by atoms with E-state index in [1.54, 1.807) is 13.0 Å². The zero-order chi connectivity index (χ0) is 7.82. The van der Waals surface area contributed by atoms with Crippen molar-refractivity contribution >= 4 is 5.91 Å². The molecule has 0 aromatic heterocycles. The van der Waals surface area contributed by atoms with Crippen molar-refractivity contribution in [1.82, 2.24) is 5.32 Å². The third kappa shape index (κ3) is 4.92. The first-order chi connectivity index (χ1) is 4.81. The molecule has 0 aliphatic rings. The molecule has 0 rings (SSSR count). The Hall–Kier alpha value is -1.23. The summed E-state index contributed by atoms with van der Waals surface area (Å²) < 4.78 is 0. The maximum absolute atomic E-state index is 10.7. The Balaban J connectivity index is 3.40. The van der Waals surface area contributed by atoms with Crippen molar-refractivity contribution in [3.8, 4) is 11.8 Å². The quantitative estimate of drug-likeness (QED) is 0.450. The highest BCUT2D eigenvalue weighted by Gasteiger charge is 1.92. The summed E-state index contributed by atoms with van der Waals surface area (Å²) in [7, 11) is 0. The molecule has 0 aromatic carbocycles. The molecule has 1 amide bonds. The average Bonchev–Trinajstić information content (AvgIpc) is 1.97. The Morgan fingerprint density at radius 1 is 1.80 bits per heavy atom. The third-order valence-electron chi connectivity index (χ3n) is 0.869. The fraction of sp³-hybridized carbons (Fsp3) is 0.375. The van der Waals surface area contributed by atoms with Gasteiger partial charge < -0.3 is 5.32 Å². The van der Waals surface area contributed by atoms with Crippen LogP contribution in [0.5, 0.6) is 0 Å². The van der Waals surface area contributed by atoms with Gasteiger partial charge in [-0.05, 0) is 6.92 Å². The van der Waals surface area contributed by atoms with E-state index in [9.17, 15) is 4.79 Å². The second-order valence-corrected chi connectivity index (χ2v) is 1.70. The van der Waals surface area contributed by atoms with Crippen LogP contribution in [0.1, 0.15) is 13.3 Å². The van der Waals surface area contributed by atoms with Crippen LogP contribution in [0.2, 0.25) is 0 Å². The zero-order valence-corrected chi connectivity index (χ0v) is 6.11. The Morgan fingerprint density at radius 2 is 2.50 bits per heavy atom. The van der Waals surface area contributed by atoms with Crippen molar-refractivity contribution in [2.24, 2.45) is 0 Å². The Labute approximate surface area is 61.3 Å². The summed E-state index contributed by atoms with van der Waals surface area (Å²) in [5.74, 6) is 5.25. The zero-order valence-electron chi connectivity index (χ0n) is 6.11. The van der Waals surface area contributed by atoms with E-state index in [0.717, 1.165) is 0 Å². The van der Waals surface area contributed by atoms with E-state index in [2.05, 4.69) is 23.7 Å². The minimum atomic E-state index is -0.0470. The SMILES string of the molecule is C=CCNC(=O)CC#CC. The van der Waals surface area contributed by atoms with Gasteiger partial charge in [-0.1, -0.05) is 12.0 Å². The van der Waals surface area contributed by atoms with Crippen molar-refractivity contribution in [3.63, 3.8) is 0 Å². The molecule has 0 heterocycles. The Kier molecular flexibility index (Phi) is 5.17. The van der Waals surface area contributed by atoms with E-state index in [-0.39, 0.29) is 12.3 Å². The van der Waals surface area contributed by atoms with Gasteiger partial charge in [0.05, 0.1) is 6.42 Å². The van der Waals surface area contributed by atoms with Crippen LogP contribution in [-0.4, -0.2) is 12.5 Å². The molecule has 0 unspecified atom stereocenters. The summed E-state index contributed by atoms with van der Waals surface area (Å²) in [6.45, 7) is 5.69. The summed E-state index contributed by atoms with van der Waals surface area (Å²) >= 11 is 0. The normalized spacial score (nSPS) is 7.30. The van der Waals surface area contributed by atoms with Gasteiger partial charge in [0.15, 0.2) is 0 Å². The number of rotatable bonds is 3. The summed E-state index contributed by atoms with van der Waals surface area (Å²) in [5, 5.41) is 2.61. The van der Waals surface area contributed by atoms with Crippen molar-refractivity contribution < 1.29 is 4.79 Å². The number of carbonyl (C=O) groups is 1. The van der Waals surface area contributed by atoms with E-state index < -0.39 is 0 Å². The number of nitrogens with one attached hydrogen (secondary N) is 1. The predicted molar refractivity (Wildman–Crippen MR) is 41.3 cm³/mol. The molecule has 0 aliphatic heterocycles. The molecule has 1 N–H and O–H groups in total. The minimum absolute atomic E-state index is 0.0470. The van der Waals surface area contributed by atoms with Crippen molar-refractivity contribution in [3.05, 3.63) is 12.7 Å². The van der Waals surface area contributed by atoms with Gasteiger partial charge in [-0.25, -0.2) is 0 Å². The molecule has 0 bridgehead atoms. The monoisotopic (exact) mass is 137 g/mol. The smallest absolute Gasteiger partial charge is 0.232 e. The predicted octanol–water partition coefficient (Wildman–Crippen LogP) is 0.702. The fourth-order valence-electron chi connectivity index (χ4n) is 0.417. The molecule has 0 saturated heterocycles. The first-order valence-corrected chi connectivity index (χ1v) is 3.08. The highest BCUT2D eigenvalue weighted by atomic mass is 16.1. The molecule has 54 valence electrons.